The molecule has 0 saturated carbocycles. The van der Waals surface area contributed by atoms with Gasteiger partial charge in [-0.05, 0) is 63.4 Å². The Morgan fingerprint density at radius 2 is 1.96 bits per heavy atom. The maximum absolute atomic E-state index is 12.3. The summed E-state index contributed by atoms with van der Waals surface area (Å²) in [5, 5.41) is 8.08. The average Bonchev–Trinajstić information content (AvgIpc) is 2.90. The van der Waals surface area contributed by atoms with Crippen LogP contribution < -0.4 is 5.32 Å². The maximum atomic E-state index is 12.3. The minimum Gasteiger partial charge on any atom is -0.326 e. The standard InChI is InChI=1S/C19H21ClN4O/c1-11-9-15(20)5-7-17(11)22-19(25)8-6-16-13(3)21-18-10-12(2)23-24(18)14(16)4/h5,7,9-10H,6,8H2,1-4H3,(H,22,25). The van der Waals surface area contributed by atoms with Crippen molar-refractivity contribution in [1.29, 1.82) is 0 Å². The molecule has 3 rings (SSSR count). The van der Waals surface area contributed by atoms with Gasteiger partial charge in [-0.25, -0.2) is 9.50 Å². The molecule has 0 bridgehead atoms. The van der Waals surface area contributed by atoms with Crippen molar-refractivity contribution in [2.75, 3.05) is 5.32 Å². The monoisotopic (exact) mass is 356 g/mol. The molecule has 0 spiro atoms. The normalized spacial score (nSPS) is 11.1. The van der Waals surface area contributed by atoms with Gasteiger partial charge in [-0.3, -0.25) is 4.79 Å². The fourth-order valence-electron chi connectivity index (χ4n) is 3.02. The minimum absolute atomic E-state index is 0.0269. The molecule has 1 amide bonds. The van der Waals surface area contributed by atoms with Crippen molar-refractivity contribution in [3.63, 3.8) is 0 Å². The highest BCUT2D eigenvalue weighted by atomic mass is 35.5. The third-order valence-electron chi connectivity index (χ3n) is 4.35. The van der Waals surface area contributed by atoms with Gasteiger partial charge in [0.25, 0.3) is 0 Å². The quantitative estimate of drug-likeness (QED) is 0.762. The first-order chi connectivity index (χ1) is 11.8. The summed E-state index contributed by atoms with van der Waals surface area (Å²) in [4.78, 5) is 16.9. The lowest BCUT2D eigenvalue weighted by molar-refractivity contribution is -0.116. The zero-order valence-electron chi connectivity index (χ0n) is 14.9. The van der Waals surface area contributed by atoms with Crippen molar-refractivity contribution >= 4 is 28.8 Å². The van der Waals surface area contributed by atoms with Gasteiger partial charge in [-0.15, -0.1) is 0 Å². The highest BCUT2D eigenvalue weighted by Gasteiger charge is 2.13. The van der Waals surface area contributed by atoms with E-state index in [1.165, 1.54) is 0 Å². The third kappa shape index (κ3) is 3.66. The molecule has 0 aliphatic rings. The largest absolute Gasteiger partial charge is 0.326 e. The van der Waals surface area contributed by atoms with E-state index in [0.29, 0.717) is 17.9 Å². The SMILES string of the molecule is Cc1cc2nc(C)c(CCC(=O)Nc3ccc(Cl)cc3C)c(C)n2n1. The molecular formula is C19H21ClN4O. The van der Waals surface area contributed by atoms with E-state index in [1.807, 2.05) is 50.4 Å². The smallest absolute Gasteiger partial charge is 0.224 e. The van der Waals surface area contributed by atoms with Crippen LogP contribution in [0.3, 0.4) is 0 Å². The minimum atomic E-state index is -0.0269. The van der Waals surface area contributed by atoms with E-state index in [1.54, 1.807) is 6.07 Å². The molecule has 0 radical (unpaired) electrons. The van der Waals surface area contributed by atoms with Crippen LogP contribution in [0.1, 0.15) is 34.6 Å². The molecule has 0 aliphatic heterocycles. The van der Waals surface area contributed by atoms with Crippen molar-refractivity contribution in [3.05, 3.63) is 57.5 Å². The Hall–Kier alpha value is -2.40. The predicted octanol–water partition coefficient (Wildman–Crippen LogP) is 4.19. The first kappa shape index (κ1) is 17.4. The van der Waals surface area contributed by atoms with Gasteiger partial charge in [0.1, 0.15) is 0 Å². The lowest BCUT2D eigenvalue weighted by Crippen LogP contribution is -2.15. The van der Waals surface area contributed by atoms with E-state index < -0.39 is 0 Å². The number of benzene rings is 1. The van der Waals surface area contributed by atoms with Crippen LogP contribution in [0.2, 0.25) is 5.02 Å². The number of fused-ring (bicyclic) bond motifs is 1. The summed E-state index contributed by atoms with van der Waals surface area (Å²) < 4.78 is 1.85. The van der Waals surface area contributed by atoms with Gasteiger partial charge < -0.3 is 5.32 Å². The number of nitrogens with zero attached hydrogens (tertiary/aromatic N) is 3. The van der Waals surface area contributed by atoms with E-state index in [9.17, 15) is 4.79 Å². The van der Waals surface area contributed by atoms with Crippen LogP contribution in [0.15, 0.2) is 24.3 Å². The molecule has 0 aliphatic carbocycles. The second-order valence-electron chi connectivity index (χ2n) is 6.32. The highest BCUT2D eigenvalue weighted by Crippen LogP contribution is 2.21. The van der Waals surface area contributed by atoms with Gasteiger partial charge in [0.05, 0.1) is 5.69 Å². The van der Waals surface area contributed by atoms with E-state index in [4.69, 9.17) is 11.6 Å². The number of amides is 1. The Labute approximate surface area is 152 Å². The molecule has 2 aromatic heterocycles. The molecule has 3 aromatic rings. The lowest BCUT2D eigenvalue weighted by Gasteiger charge is -2.12. The van der Waals surface area contributed by atoms with Crippen molar-refractivity contribution in [2.24, 2.45) is 0 Å². The maximum Gasteiger partial charge on any atom is 0.224 e. The molecular weight excluding hydrogens is 336 g/mol. The van der Waals surface area contributed by atoms with Crippen LogP contribution in [-0.4, -0.2) is 20.5 Å². The second-order valence-corrected chi connectivity index (χ2v) is 6.76. The topological polar surface area (TPSA) is 59.3 Å². The number of carbonyl (C=O) groups is 1. The number of aryl methyl sites for hydroxylation is 4. The van der Waals surface area contributed by atoms with E-state index in [-0.39, 0.29) is 5.91 Å². The second kappa shape index (κ2) is 6.84. The molecule has 0 fully saturated rings. The molecule has 1 aromatic carbocycles. The molecule has 0 saturated heterocycles. The Balaban J connectivity index is 1.74. The zero-order chi connectivity index (χ0) is 18.1. The Kier molecular flexibility index (Phi) is 4.77. The van der Waals surface area contributed by atoms with Crippen LogP contribution >= 0.6 is 11.6 Å². The average molecular weight is 357 g/mol. The predicted molar refractivity (Wildman–Crippen MR) is 100 cm³/mol. The molecule has 130 valence electrons. The first-order valence-corrected chi connectivity index (χ1v) is 8.61. The molecule has 1 N–H and O–H groups in total. The first-order valence-electron chi connectivity index (χ1n) is 8.23. The van der Waals surface area contributed by atoms with Crippen LogP contribution in [0, 0.1) is 27.7 Å². The van der Waals surface area contributed by atoms with Gasteiger partial charge >= 0.3 is 0 Å². The number of nitrogens with one attached hydrogen (secondary N) is 1. The number of hydrogen-bond donors (Lipinski definition) is 1. The molecule has 0 atom stereocenters. The summed E-state index contributed by atoms with van der Waals surface area (Å²) in [5.74, 6) is -0.0269. The number of anilines is 1. The summed E-state index contributed by atoms with van der Waals surface area (Å²) >= 11 is 5.95. The zero-order valence-corrected chi connectivity index (χ0v) is 15.6. The number of rotatable bonds is 4. The van der Waals surface area contributed by atoms with Crippen molar-refractivity contribution < 1.29 is 4.79 Å². The van der Waals surface area contributed by atoms with Crippen LogP contribution in [0.5, 0.6) is 0 Å². The summed E-state index contributed by atoms with van der Waals surface area (Å²) in [6.07, 6.45) is 1.01. The van der Waals surface area contributed by atoms with Crippen LogP contribution in [-0.2, 0) is 11.2 Å². The van der Waals surface area contributed by atoms with E-state index >= 15 is 0 Å². The fraction of sp³-hybridized carbons (Fsp3) is 0.316. The number of hydrogen-bond acceptors (Lipinski definition) is 3. The summed E-state index contributed by atoms with van der Waals surface area (Å²) in [7, 11) is 0. The van der Waals surface area contributed by atoms with Crippen LogP contribution in [0.25, 0.3) is 5.65 Å². The van der Waals surface area contributed by atoms with Crippen LogP contribution in [0.4, 0.5) is 5.69 Å². The highest BCUT2D eigenvalue weighted by molar-refractivity contribution is 6.30. The van der Waals surface area contributed by atoms with Gasteiger partial charge in [-0.1, -0.05) is 11.6 Å². The Morgan fingerprint density at radius 1 is 1.20 bits per heavy atom. The summed E-state index contributed by atoms with van der Waals surface area (Å²) in [5.41, 5.74) is 6.56. The van der Waals surface area contributed by atoms with E-state index in [2.05, 4.69) is 15.4 Å². The van der Waals surface area contributed by atoms with Crippen molar-refractivity contribution in [1.82, 2.24) is 14.6 Å². The number of carbonyl (C=O) groups excluding carboxylic acids is 1. The third-order valence-corrected chi connectivity index (χ3v) is 4.59. The Morgan fingerprint density at radius 3 is 2.68 bits per heavy atom. The van der Waals surface area contributed by atoms with Gasteiger partial charge in [0, 0.05) is 34.6 Å². The van der Waals surface area contributed by atoms with E-state index in [0.717, 1.165) is 39.5 Å². The number of aromatic nitrogens is 3. The molecule has 6 heteroatoms. The molecule has 0 unspecified atom stereocenters. The molecule has 5 nitrogen and oxygen atoms in total. The molecule has 25 heavy (non-hydrogen) atoms. The number of halogens is 1. The molecule has 2 heterocycles. The van der Waals surface area contributed by atoms with Crippen molar-refractivity contribution in [3.8, 4) is 0 Å². The fourth-order valence-corrected chi connectivity index (χ4v) is 3.25. The van der Waals surface area contributed by atoms with Gasteiger partial charge in [0.15, 0.2) is 5.65 Å². The Bertz CT molecular complexity index is 962. The lowest BCUT2D eigenvalue weighted by atomic mass is 10.1. The van der Waals surface area contributed by atoms with Gasteiger partial charge in [0.2, 0.25) is 5.91 Å². The van der Waals surface area contributed by atoms with Gasteiger partial charge in [-0.2, -0.15) is 5.10 Å². The van der Waals surface area contributed by atoms with Crippen molar-refractivity contribution in [2.45, 2.75) is 40.5 Å². The summed E-state index contributed by atoms with van der Waals surface area (Å²) in [6.45, 7) is 7.87. The summed E-state index contributed by atoms with van der Waals surface area (Å²) in [6, 6.07) is 7.39.